The summed E-state index contributed by atoms with van der Waals surface area (Å²) in [5, 5.41) is 11.2. The Morgan fingerprint density at radius 3 is 2.56 bits per heavy atom. The van der Waals surface area contributed by atoms with Crippen molar-refractivity contribution in [2.45, 2.75) is 19.0 Å². The molecule has 0 spiro atoms. The van der Waals surface area contributed by atoms with Crippen LogP contribution in [0.1, 0.15) is 23.6 Å². The highest BCUT2D eigenvalue weighted by atomic mass is 79.9. The zero-order valence-electron chi connectivity index (χ0n) is 17.4. The molecule has 1 amide bonds. The molecule has 2 heterocycles. The number of aliphatic hydroxyl groups is 1. The SMILES string of the molecule is COc1ccccc1/C(O)=C1\C(=O)C(=O)N(CCCn2ccnc2)C1c1ccc(Br)cc1. The average molecular weight is 496 g/mol. The van der Waals surface area contributed by atoms with Gasteiger partial charge in [0, 0.05) is 30.0 Å². The van der Waals surface area contributed by atoms with E-state index in [-0.39, 0.29) is 11.3 Å². The Bertz CT molecular complexity index is 1160. The summed E-state index contributed by atoms with van der Waals surface area (Å²) in [6.45, 7) is 1.01. The number of benzene rings is 2. The highest BCUT2D eigenvalue weighted by molar-refractivity contribution is 9.10. The Balaban J connectivity index is 1.76. The van der Waals surface area contributed by atoms with Crippen LogP contribution in [-0.4, -0.2) is 44.9 Å². The minimum Gasteiger partial charge on any atom is -0.507 e. The van der Waals surface area contributed by atoms with Gasteiger partial charge < -0.3 is 19.3 Å². The summed E-state index contributed by atoms with van der Waals surface area (Å²) in [6, 6.07) is 13.6. The van der Waals surface area contributed by atoms with Crippen LogP contribution in [-0.2, 0) is 16.1 Å². The molecule has 32 heavy (non-hydrogen) atoms. The maximum atomic E-state index is 13.1. The second-order valence-electron chi connectivity index (χ2n) is 7.40. The number of para-hydroxylation sites is 1. The Labute approximate surface area is 194 Å². The van der Waals surface area contributed by atoms with Gasteiger partial charge >= 0.3 is 0 Å². The van der Waals surface area contributed by atoms with Crippen molar-refractivity contribution in [1.82, 2.24) is 14.5 Å². The smallest absolute Gasteiger partial charge is 0.295 e. The predicted molar refractivity (Wildman–Crippen MR) is 123 cm³/mol. The van der Waals surface area contributed by atoms with Crippen molar-refractivity contribution in [2.75, 3.05) is 13.7 Å². The number of ketones is 1. The average Bonchev–Trinajstić information content (AvgIpc) is 3.41. The molecule has 0 aliphatic carbocycles. The van der Waals surface area contributed by atoms with E-state index in [0.29, 0.717) is 30.8 Å². The van der Waals surface area contributed by atoms with E-state index in [1.54, 1.807) is 36.8 Å². The molecule has 0 saturated carbocycles. The second kappa shape index (κ2) is 9.40. The lowest BCUT2D eigenvalue weighted by Gasteiger charge is -2.25. The fourth-order valence-corrected chi connectivity index (χ4v) is 4.19. The number of nitrogens with zero attached hydrogens (tertiary/aromatic N) is 3. The molecule has 1 aliphatic heterocycles. The third-order valence-electron chi connectivity index (χ3n) is 5.46. The molecule has 4 rings (SSSR count). The highest BCUT2D eigenvalue weighted by Gasteiger charge is 2.46. The van der Waals surface area contributed by atoms with E-state index in [1.165, 1.54) is 12.0 Å². The molecule has 164 valence electrons. The van der Waals surface area contributed by atoms with Crippen LogP contribution in [0.5, 0.6) is 5.75 Å². The number of ether oxygens (including phenoxy) is 1. The third-order valence-corrected chi connectivity index (χ3v) is 5.99. The number of methoxy groups -OCH3 is 1. The molecule has 1 aromatic heterocycles. The molecule has 1 N–H and O–H groups in total. The van der Waals surface area contributed by atoms with Crippen LogP contribution in [0.4, 0.5) is 0 Å². The maximum absolute atomic E-state index is 13.1. The van der Waals surface area contributed by atoms with E-state index in [2.05, 4.69) is 20.9 Å². The van der Waals surface area contributed by atoms with Gasteiger partial charge in [0.2, 0.25) is 0 Å². The fourth-order valence-electron chi connectivity index (χ4n) is 3.93. The number of hydrogen-bond acceptors (Lipinski definition) is 5. The van der Waals surface area contributed by atoms with E-state index in [9.17, 15) is 14.7 Å². The minimum absolute atomic E-state index is 0.0597. The van der Waals surface area contributed by atoms with Gasteiger partial charge in [-0.05, 0) is 36.2 Å². The predicted octanol–water partition coefficient (Wildman–Crippen LogP) is 4.17. The first-order valence-electron chi connectivity index (χ1n) is 10.1. The van der Waals surface area contributed by atoms with Crippen LogP contribution < -0.4 is 4.74 Å². The number of hydrogen-bond donors (Lipinski definition) is 1. The molecule has 0 radical (unpaired) electrons. The van der Waals surface area contributed by atoms with E-state index in [4.69, 9.17) is 4.74 Å². The lowest BCUT2D eigenvalue weighted by atomic mass is 9.95. The number of rotatable bonds is 7. The van der Waals surface area contributed by atoms with Gasteiger partial charge in [-0.2, -0.15) is 0 Å². The van der Waals surface area contributed by atoms with Crippen LogP contribution in [0.3, 0.4) is 0 Å². The summed E-state index contributed by atoms with van der Waals surface area (Å²) in [7, 11) is 1.49. The van der Waals surface area contributed by atoms with Crippen LogP contribution in [0.25, 0.3) is 5.76 Å². The van der Waals surface area contributed by atoms with Gasteiger partial charge in [0.25, 0.3) is 11.7 Å². The number of aromatic nitrogens is 2. The Hall–Kier alpha value is -3.39. The van der Waals surface area contributed by atoms with Crippen molar-refractivity contribution in [1.29, 1.82) is 0 Å². The molecule has 1 saturated heterocycles. The number of likely N-dealkylation sites (tertiary alicyclic amines) is 1. The number of Topliss-reactive ketones (excluding diaryl/α,β-unsaturated/α-hetero) is 1. The molecule has 7 nitrogen and oxygen atoms in total. The number of aryl methyl sites for hydroxylation is 1. The van der Waals surface area contributed by atoms with Crippen molar-refractivity contribution in [2.24, 2.45) is 0 Å². The first kappa shape index (κ1) is 21.8. The lowest BCUT2D eigenvalue weighted by molar-refractivity contribution is -0.139. The first-order valence-corrected chi connectivity index (χ1v) is 10.9. The normalized spacial score (nSPS) is 17.7. The van der Waals surface area contributed by atoms with Crippen LogP contribution >= 0.6 is 15.9 Å². The highest BCUT2D eigenvalue weighted by Crippen LogP contribution is 2.41. The van der Waals surface area contributed by atoms with E-state index < -0.39 is 17.7 Å². The number of halogens is 1. The zero-order valence-corrected chi connectivity index (χ0v) is 19.0. The minimum atomic E-state index is -0.705. The summed E-state index contributed by atoms with van der Waals surface area (Å²) in [6.07, 6.45) is 5.89. The first-order chi connectivity index (χ1) is 15.5. The van der Waals surface area contributed by atoms with Gasteiger partial charge in [0.15, 0.2) is 0 Å². The Kier molecular flexibility index (Phi) is 6.41. The molecule has 3 aromatic rings. The van der Waals surface area contributed by atoms with Gasteiger partial charge in [-0.1, -0.05) is 40.2 Å². The van der Waals surface area contributed by atoms with Crippen molar-refractivity contribution in [3.05, 3.63) is 88.4 Å². The topological polar surface area (TPSA) is 84.7 Å². The van der Waals surface area contributed by atoms with Gasteiger partial charge in [-0.25, -0.2) is 4.98 Å². The number of aliphatic hydroxyl groups excluding tert-OH is 1. The van der Waals surface area contributed by atoms with Gasteiger partial charge in [-0.15, -0.1) is 0 Å². The standard InChI is InChI=1S/C24H22BrN3O4/c1-32-19-6-3-2-5-18(19)22(29)20-21(16-7-9-17(25)10-8-16)28(24(31)23(20)30)13-4-12-27-14-11-26-15-27/h2-3,5-11,14-15,21,29H,4,12-13H2,1H3/b22-20+. The monoisotopic (exact) mass is 495 g/mol. The largest absolute Gasteiger partial charge is 0.507 e. The van der Waals surface area contributed by atoms with Crippen molar-refractivity contribution in [3.8, 4) is 5.75 Å². The lowest BCUT2D eigenvalue weighted by Crippen LogP contribution is -2.31. The fraction of sp³-hybridized carbons (Fsp3) is 0.208. The third kappa shape index (κ3) is 4.18. The van der Waals surface area contributed by atoms with Crippen molar-refractivity contribution >= 4 is 33.4 Å². The van der Waals surface area contributed by atoms with Crippen molar-refractivity contribution in [3.63, 3.8) is 0 Å². The summed E-state index contributed by atoms with van der Waals surface area (Å²) < 4.78 is 8.15. The molecule has 0 bridgehead atoms. The number of amides is 1. The zero-order chi connectivity index (χ0) is 22.7. The molecule has 2 aromatic carbocycles. The summed E-state index contributed by atoms with van der Waals surface area (Å²) in [5.74, 6) is -1.15. The maximum Gasteiger partial charge on any atom is 0.295 e. The van der Waals surface area contributed by atoms with Gasteiger partial charge in [-0.3, -0.25) is 9.59 Å². The van der Waals surface area contributed by atoms with E-state index >= 15 is 0 Å². The molecule has 1 fully saturated rings. The van der Waals surface area contributed by atoms with Gasteiger partial charge in [0.1, 0.15) is 11.5 Å². The van der Waals surface area contributed by atoms with E-state index in [1.807, 2.05) is 35.0 Å². The summed E-state index contributed by atoms with van der Waals surface area (Å²) in [4.78, 5) is 31.7. The van der Waals surface area contributed by atoms with E-state index in [0.717, 1.165) is 10.0 Å². The number of carbonyl (C=O) groups is 2. The Morgan fingerprint density at radius 2 is 1.88 bits per heavy atom. The van der Waals surface area contributed by atoms with Crippen LogP contribution in [0.2, 0.25) is 0 Å². The van der Waals surface area contributed by atoms with Crippen LogP contribution in [0.15, 0.2) is 77.3 Å². The second-order valence-corrected chi connectivity index (χ2v) is 8.31. The van der Waals surface area contributed by atoms with Gasteiger partial charge in [0.05, 0.1) is 30.6 Å². The molecule has 1 aliphatic rings. The summed E-state index contributed by atoms with van der Waals surface area (Å²) in [5.41, 5.74) is 1.17. The Morgan fingerprint density at radius 1 is 1.12 bits per heavy atom. The van der Waals surface area contributed by atoms with Crippen LogP contribution in [0, 0.1) is 0 Å². The molecular formula is C24H22BrN3O4. The molecule has 8 heteroatoms. The number of carbonyl (C=O) groups excluding carboxylic acids is 2. The molecule has 1 unspecified atom stereocenters. The molecule has 1 atom stereocenters. The molecular weight excluding hydrogens is 474 g/mol. The number of imidazole rings is 1. The summed E-state index contributed by atoms with van der Waals surface area (Å²) >= 11 is 3.42. The van der Waals surface area contributed by atoms with Crippen molar-refractivity contribution < 1.29 is 19.4 Å². The quantitative estimate of drug-likeness (QED) is 0.302.